The Bertz CT molecular complexity index is 856. The van der Waals surface area contributed by atoms with Crippen LogP contribution in [0.4, 0.5) is 0 Å². The van der Waals surface area contributed by atoms with Crippen LogP contribution < -0.4 is 21.7 Å². The average molecular weight is 461 g/mol. The fourth-order valence-electron chi connectivity index (χ4n) is 3.08. The molecule has 1 aromatic carbocycles. The molecule has 1 aromatic rings. The number of aliphatic carboxylic acids is 1. The summed E-state index contributed by atoms with van der Waals surface area (Å²) in [5.74, 6) is -3.81. The van der Waals surface area contributed by atoms with Crippen LogP contribution in [-0.2, 0) is 30.4 Å². The van der Waals surface area contributed by atoms with Gasteiger partial charge in [0.25, 0.3) is 0 Å². The van der Waals surface area contributed by atoms with E-state index in [1.165, 1.54) is 0 Å². The molecule has 0 spiro atoms. The third kappa shape index (κ3) is 10.4. The van der Waals surface area contributed by atoms with Crippen LogP contribution in [-0.4, -0.2) is 52.8 Å². The number of carbonyl (C=O) groups is 5. The van der Waals surface area contributed by atoms with Crippen LogP contribution in [0.2, 0.25) is 0 Å². The summed E-state index contributed by atoms with van der Waals surface area (Å²) in [6.07, 6.45) is 1.04. The third-order valence-corrected chi connectivity index (χ3v) is 4.74. The van der Waals surface area contributed by atoms with E-state index in [9.17, 15) is 29.1 Å². The lowest BCUT2D eigenvalue weighted by Crippen LogP contribution is -2.56. The first kappa shape index (κ1) is 27.3. The molecule has 0 saturated carbocycles. The Balaban J connectivity index is 3.08. The Morgan fingerprint density at radius 3 is 2.06 bits per heavy atom. The second kappa shape index (κ2) is 13.7. The topological polar surface area (TPSA) is 168 Å². The number of rotatable bonds is 14. The molecule has 0 heterocycles. The summed E-state index contributed by atoms with van der Waals surface area (Å²) < 4.78 is 0. The number of amides is 4. The van der Waals surface area contributed by atoms with Crippen molar-refractivity contribution in [3.05, 3.63) is 48.6 Å². The molecule has 10 heteroatoms. The molecule has 1 rings (SSSR count). The summed E-state index contributed by atoms with van der Waals surface area (Å²) in [4.78, 5) is 60.2. The number of hydrogen-bond donors (Lipinski definition) is 5. The lowest BCUT2D eigenvalue weighted by Gasteiger charge is -2.25. The van der Waals surface area contributed by atoms with Crippen molar-refractivity contribution in [3.63, 3.8) is 0 Å². The van der Waals surface area contributed by atoms with Crippen molar-refractivity contribution in [3.8, 4) is 0 Å². The number of nitrogens with one attached hydrogen (secondary N) is 3. The summed E-state index contributed by atoms with van der Waals surface area (Å²) in [6.45, 7) is 7.14. The molecular formula is C23H32N4O6. The molecule has 0 radical (unpaired) electrons. The minimum Gasteiger partial charge on any atom is -0.480 e. The highest BCUT2D eigenvalue weighted by molar-refractivity contribution is 5.95. The van der Waals surface area contributed by atoms with Gasteiger partial charge < -0.3 is 26.8 Å². The number of hydrogen-bond acceptors (Lipinski definition) is 5. The van der Waals surface area contributed by atoms with Gasteiger partial charge in [0.05, 0.1) is 0 Å². The Kier molecular flexibility index (Phi) is 11.3. The minimum atomic E-state index is -1.35. The number of benzene rings is 1. The Morgan fingerprint density at radius 1 is 0.970 bits per heavy atom. The molecule has 0 aliphatic heterocycles. The molecule has 0 fully saturated rings. The molecule has 4 amide bonds. The Hall–Kier alpha value is -3.69. The highest BCUT2D eigenvalue weighted by Crippen LogP contribution is 2.09. The molecule has 0 aromatic heterocycles. The predicted molar refractivity (Wildman–Crippen MR) is 122 cm³/mol. The van der Waals surface area contributed by atoms with Crippen molar-refractivity contribution in [1.29, 1.82) is 0 Å². The molecule has 180 valence electrons. The Morgan fingerprint density at radius 2 is 1.55 bits per heavy atom. The maximum Gasteiger partial charge on any atom is 0.326 e. The lowest BCUT2D eigenvalue weighted by molar-refractivity contribution is -0.142. The monoisotopic (exact) mass is 460 g/mol. The van der Waals surface area contributed by atoms with Gasteiger partial charge in [0, 0.05) is 12.8 Å². The molecule has 6 N–H and O–H groups in total. The van der Waals surface area contributed by atoms with Gasteiger partial charge in [-0.2, -0.15) is 0 Å². The zero-order valence-corrected chi connectivity index (χ0v) is 18.9. The molecule has 0 aliphatic carbocycles. The lowest BCUT2D eigenvalue weighted by atomic mass is 10.0. The summed E-state index contributed by atoms with van der Waals surface area (Å²) in [5.41, 5.74) is 5.81. The van der Waals surface area contributed by atoms with Crippen LogP contribution in [0.5, 0.6) is 0 Å². The van der Waals surface area contributed by atoms with Crippen molar-refractivity contribution in [2.45, 2.75) is 57.7 Å². The number of primary amides is 1. The summed E-state index contributed by atoms with van der Waals surface area (Å²) in [5, 5.41) is 16.9. The van der Waals surface area contributed by atoms with E-state index in [0.29, 0.717) is 6.42 Å². The van der Waals surface area contributed by atoms with E-state index in [4.69, 9.17) is 5.73 Å². The van der Waals surface area contributed by atoms with Crippen molar-refractivity contribution in [2.75, 3.05) is 0 Å². The first-order chi connectivity index (χ1) is 15.5. The number of carboxylic acid groups (broad SMARTS) is 1. The molecule has 0 aliphatic rings. The normalized spacial score (nSPS) is 13.3. The minimum absolute atomic E-state index is 0.0671. The number of carbonyl (C=O) groups excluding carboxylic acids is 4. The van der Waals surface area contributed by atoms with Gasteiger partial charge in [-0.15, -0.1) is 0 Å². The van der Waals surface area contributed by atoms with E-state index in [2.05, 4.69) is 22.5 Å². The highest BCUT2D eigenvalue weighted by Gasteiger charge is 2.30. The zero-order chi connectivity index (χ0) is 25.0. The SMILES string of the molecule is C=CC(=O)N[C@@H](CC(C)C)C(=O)N[C@@H](Cc1ccccc1)C(=O)N[C@@H](CCC(N)=O)C(=O)O. The zero-order valence-electron chi connectivity index (χ0n) is 18.9. The van der Waals surface area contributed by atoms with Crippen LogP contribution in [0.1, 0.15) is 38.7 Å². The van der Waals surface area contributed by atoms with Crippen LogP contribution in [0.15, 0.2) is 43.0 Å². The molecule has 10 nitrogen and oxygen atoms in total. The molecule has 0 saturated heterocycles. The van der Waals surface area contributed by atoms with Gasteiger partial charge in [-0.05, 0) is 30.4 Å². The number of carboxylic acids is 1. The van der Waals surface area contributed by atoms with Gasteiger partial charge in [0.15, 0.2) is 0 Å². The summed E-state index contributed by atoms with van der Waals surface area (Å²) in [6, 6.07) is 5.48. The first-order valence-electron chi connectivity index (χ1n) is 10.6. The van der Waals surface area contributed by atoms with Gasteiger partial charge in [0.1, 0.15) is 18.1 Å². The molecule has 0 bridgehead atoms. The standard InChI is InChI=1S/C23H32N4O6/c1-4-20(29)25-17(12-14(2)3)21(30)27-18(13-15-8-6-5-7-9-15)22(31)26-16(23(32)33)10-11-19(24)28/h4-9,14,16-18H,1,10-13H2,2-3H3,(H2,24,28)(H,25,29)(H,26,31)(H,27,30)(H,32,33)/t16-,17-,18-/m0/s1. The first-order valence-corrected chi connectivity index (χ1v) is 10.6. The Labute approximate surface area is 193 Å². The van der Waals surface area contributed by atoms with Gasteiger partial charge in [0.2, 0.25) is 23.6 Å². The predicted octanol–water partition coefficient (Wildman–Crippen LogP) is 0.266. The smallest absolute Gasteiger partial charge is 0.326 e. The molecule has 33 heavy (non-hydrogen) atoms. The second-order valence-electron chi connectivity index (χ2n) is 8.05. The van der Waals surface area contributed by atoms with Gasteiger partial charge in [-0.25, -0.2) is 4.79 Å². The van der Waals surface area contributed by atoms with Crippen LogP contribution in [0, 0.1) is 5.92 Å². The van der Waals surface area contributed by atoms with Crippen LogP contribution >= 0.6 is 0 Å². The average Bonchev–Trinajstić information content (AvgIpc) is 2.75. The van der Waals surface area contributed by atoms with E-state index in [0.717, 1.165) is 11.6 Å². The summed E-state index contributed by atoms with van der Waals surface area (Å²) in [7, 11) is 0. The van der Waals surface area contributed by atoms with Crippen LogP contribution in [0.3, 0.4) is 0 Å². The highest BCUT2D eigenvalue weighted by atomic mass is 16.4. The van der Waals surface area contributed by atoms with Gasteiger partial charge in [-0.1, -0.05) is 50.8 Å². The second-order valence-corrected chi connectivity index (χ2v) is 8.05. The number of nitrogens with two attached hydrogens (primary N) is 1. The van der Waals surface area contributed by atoms with E-state index in [-0.39, 0.29) is 25.2 Å². The maximum absolute atomic E-state index is 13.0. The quantitative estimate of drug-likeness (QED) is 0.250. The van der Waals surface area contributed by atoms with Crippen molar-refractivity contribution in [2.24, 2.45) is 11.7 Å². The molecule has 3 atom stereocenters. The summed E-state index contributed by atoms with van der Waals surface area (Å²) >= 11 is 0. The largest absolute Gasteiger partial charge is 0.480 e. The van der Waals surface area contributed by atoms with Crippen molar-refractivity contribution >= 4 is 29.6 Å². The molecular weight excluding hydrogens is 428 g/mol. The van der Waals surface area contributed by atoms with Gasteiger partial charge in [-0.3, -0.25) is 19.2 Å². The van der Waals surface area contributed by atoms with E-state index in [1.807, 2.05) is 13.8 Å². The van der Waals surface area contributed by atoms with Crippen LogP contribution in [0.25, 0.3) is 0 Å². The fourth-order valence-corrected chi connectivity index (χ4v) is 3.08. The van der Waals surface area contributed by atoms with E-state index >= 15 is 0 Å². The van der Waals surface area contributed by atoms with Crippen molar-refractivity contribution in [1.82, 2.24) is 16.0 Å². The fraction of sp³-hybridized carbons (Fsp3) is 0.435. The molecule has 0 unspecified atom stereocenters. The van der Waals surface area contributed by atoms with Crippen molar-refractivity contribution < 1.29 is 29.1 Å². The van der Waals surface area contributed by atoms with E-state index in [1.54, 1.807) is 30.3 Å². The maximum atomic E-state index is 13.0. The van der Waals surface area contributed by atoms with Gasteiger partial charge >= 0.3 is 5.97 Å². The van der Waals surface area contributed by atoms with E-state index < -0.39 is 47.7 Å². The third-order valence-electron chi connectivity index (χ3n) is 4.74.